The van der Waals surface area contributed by atoms with E-state index < -0.39 is 23.0 Å². The zero-order chi connectivity index (χ0) is 21.8. The minimum absolute atomic E-state index is 0.0182. The van der Waals surface area contributed by atoms with Gasteiger partial charge in [0.25, 0.3) is 11.5 Å². The number of hydrogen-bond acceptors (Lipinski definition) is 7. The summed E-state index contributed by atoms with van der Waals surface area (Å²) in [5.74, 6) is -1.06. The molecule has 0 aliphatic carbocycles. The molecule has 1 aromatic heterocycles. The highest BCUT2D eigenvalue weighted by molar-refractivity contribution is 6.02. The topological polar surface area (TPSA) is 146 Å². The number of benzene rings is 2. The Morgan fingerprint density at radius 1 is 1.10 bits per heavy atom. The fraction of sp³-hybridized carbons (Fsp3) is 0.100. The Balaban J connectivity index is 2.00. The second-order valence-corrected chi connectivity index (χ2v) is 6.15. The maximum atomic E-state index is 12.3. The van der Waals surface area contributed by atoms with E-state index in [0.717, 1.165) is 4.57 Å². The molecule has 0 spiro atoms. The smallest absolute Gasteiger partial charge is 0.335 e. The van der Waals surface area contributed by atoms with Crippen molar-refractivity contribution in [3.05, 3.63) is 80.5 Å². The number of phenolic OH excluding ortho intramolecular Hbond substituents is 1. The second kappa shape index (κ2) is 8.35. The van der Waals surface area contributed by atoms with Gasteiger partial charge in [-0.1, -0.05) is 12.1 Å². The Hall–Kier alpha value is -4.34. The first-order valence-corrected chi connectivity index (χ1v) is 8.69. The fourth-order valence-corrected chi connectivity index (χ4v) is 2.74. The van der Waals surface area contributed by atoms with E-state index in [9.17, 15) is 24.6 Å². The number of hydrogen-bond donors (Lipinski definition) is 4. The number of ether oxygens (including phenoxy) is 1. The number of aromatic amines is 1. The Labute approximate surface area is 169 Å². The van der Waals surface area contributed by atoms with E-state index in [4.69, 9.17) is 4.74 Å². The van der Waals surface area contributed by atoms with Crippen LogP contribution < -0.4 is 21.4 Å². The van der Waals surface area contributed by atoms with Crippen molar-refractivity contribution in [2.45, 2.75) is 6.92 Å². The van der Waals surface area contributed by atoms with Gasteiger partial charge in [0.05, 0.1) is 24.1 Å². The van der Waals surface area contributed by atoms with Crippen LogP contribution in [0.15, 0.2) is 63.2 Å². The second-order valence-electron chi connectivity index (χ2n) is 6.15. The number of nitrogens with zero attached hydrogens (tertiary/aromatic N) is 2. The third-order valence-corrected chi connectivity index (χ3v) is 4.25. The first kappa shape index (κ1) is 20.4. The molecule has 3 aromatic rings. The van der Waals surface area contributed by atoms with E-state index in [2.05, 4.69) is 15.5 Å². The Morgan fingerprint density at radius 2 is 1.77 bits per heavy atom. The summed E-state index contributed by atoms with van der Waals surface area (Å²) in [6.45, 7) is 1.37. The molecule has 1 heterocycles. The van der Waals surface area contributed by atoms with Gasteiger partial charge >= 0.3 is 5.69 Å². The molecule has 10 nitrogen and oxygen atoms in total. The molecule has 0 fully saturated rings. The van der Waals surface area contributed by atoms with Gasteiger partial charge in [-0.25, -0.2) is 14.8 Å². The van der Waals surface area contributed by atoms with Gasteiger partial charge in [-0.05, 0) is 43.3 Å². The molecule has 3 rings (SSSR count). The van der Waals surface area contributed by atoms with E-state index in [1.165, 1.54) is 38.3 Å². The number of rotatable bonds is 5. The summed E-state index contributed by atoms with van der Waals surface area (Å²) < 4.78 is 5.95. The lowest BCUT2D eigenvalue weighted by Gasteiger charge is -2.12. The summed E-state index contributed by atoms with van der Waals surface area (Å²) in [7, 11) is 1.49. The molecule has 0 unspecified atom stereocenters. The number of nitrogens with one attached hydrogen (secondary N) is 2. The molecular formula is C20H18N4O6. The summed E-state index contributed by atoms with van der Waals surface area (Å²) in [5, 5.41) is 24.2. The molecular weight excluding hydrogens is 392 g/mol. The number of H-pyrrole nitrogens is 1. The number of aromatic hydroxyl groups is 2. The normalized spacial score (nSPS) is 11.2. The van der Waals surface area contributed by atoms with Gasteiger partial charge in [-0.3, -0.25) is 14.6 Å². The number of carbonyl (C=O) groups excluding carboxylic acids is 1. The summed E-state index contributed by atoms with van der Waals surface area (Å²) in [6, 6.07) is 12.1. The van der Waals surface area contributed by atoms with E-state index in [0.29, 0.717) is 5.75 Å². The zero-order valence-electron chi connectivity index (χ0n) is 16.0. The average molecular weight is 410 g/mol. The van der Waals surface area contributed by atoms with Crippen molar-refractivity contribution in [2.75, 3.05) is 7.11 Å². The third kappa shape index (κ3) is 3.92. The molecule has 0 bridgehead atoms. The number of para-hydroxylation sites is 1. The summed E-state index contributed by atoms with van der Waals surface area (Å²) in [5.41, 5.74) is 0.381. The van der Waals surface area contributed by atoms with Crippen LogP contribution in [-0.4, -0.2) is 38.5 Å². The number of aromatic nitrogens is 2. The maximum Gasteiger partial charge on any atom is 0.335 e. The highest BCUT2D eigenvalue weighted by Gasteiger charge is 2.19. The lowest BCUT2D eigenvalue weighted by molar-refractivity contribution is 0.0952. The standard InChI is InChI=1S/C20H18N4O6/c1-11(22-23-17(26)14-5-3-4-6-15(14)25)16-18(27)21-20(29)24(19(16)28)12-7-9-13(30-2)10-8-12/h3-10,25,28H,1-2H3,(H,23,26)(H,21,27,29)/b22-11+. The van der Waals surface area contributed by atoms with E-state index in [1.54, 1.807) is 24.3 Å². The minimum atomic E-state index is -0.875. The van der Waals surface area contributed by atoms with E-state index >= 15 is 0 Å². The number of carbonyl (C=O) groups is 1. The molecule has 1 amide bonds. The van der Waals surface area contributed by atoms with Gasteiger partial charge in [0, 0.05) is 0 Å². The van der Waals surface area contributed by atoms with Gasteiger partial charge in [0.1, 0.15) is 17.1 Å². The zero-order valence-corrected chi connectivity index (χ0v) is 16.0. The van der Waals surface area contributed by atoms with Crippen LogP contribution in [0.2, 0.25) is 0 Å². The van der Waals surface area contributed by atoms with Crippen molar-refractivity contribution >= 4 is 11.6 Å². The number of amides is 1. The SMILES string of the molecule is COc1ccc(-n2c(O)c(/C(C)=N/NC(=O)c3ccccc3O)c(=O)[nH]c2=O)cc1. The van der Waals surface area contributed by atoms with Gasteiger partial charge in [-0.2, -0.15) is 5.10 Å². The number of hydrazone groups is 1. The fourth-order valence-electron chi connectivity index (χ4n) is 2.74. The van der Waals surface area contributed by atoms with Gasteiger partial charge in [0.2, 0.25) is 5.88 Å². The average Bonchev–Trinajstić information content (AvgIpc) is 2.72. The van der Waals surface area contributed by atoms with Crippen molar-refractivity contribution in [3.8, 4) is 23.1 Å². The Morgan fingerprint density at radius 3 is 2.40 bits per heavy atom. The molecule has 2 aromatic carbocycles. The Kier molecular flexibility index (Phi) is 5.68. The monoisotopic (exact) mass is 410 g/mol. The van der Waals surface area contributed by atoms with E-state index in [-0.39, 0.29) is 28.3 Å². The van der Waals surface area contributed by atoms with Crippen molar-refractivity contribution in [2.24, 2.45) is 5.10 Å². The molecule has 4 N–H and O–H groups in total. The largest absolute Gasteiger partial charge is 0.507 e. The van der Waals surface area contributed by atoms with Gasteiger partial charge in [0.15, 0.2) is 0 Å². The van der Waals surface area contributed by atoms with Crippen LogP contribution in [0.5, 0.6) is 17.4 Å². The lowest BCUT2D eigenvalue weighted by Crippen LogP contribution is -2.33. The summed E-state index contributed by atoms with van der Waals surface area (Å²) in [4.78, 5) is 38.8. The molecule has 0 saturated heterocycles. The molecule has 0 aliphatic heterocycles. The van der Waals surface area contributed by atoms with Crippen molar-refractivity contribution in [1.82, 2.24) is 15.0 Å². The first-order chi connectivity index (χ1) is 14.3. The van der Waals surface area contributed by atoms with Crippen LogP contribution in [0.25, 0.3) is 5.69 Å². The minimum Gasteiger partial charge on any atom is -0.507 e. The number of methoxy groups -OCH3 is 1. The van der Waals surface area contributed by atoms with Crippen LogP contribution in [0.3, 0.4) is 0 Å². The van der Waals surface area contributed by atoms with Crippen LogP contribution in [0.4, 0.5) is 0 Å². The lowest BCUT2D eigenvalue weighted by atomic mass is 10.2. The van der Waals surface area contributed by atoms with Gasteiger partial charge in [-0.15, -0.1) is 0 Å². The van der Waals surface area contributed by atoms with E-state index in [1.807, 2.05) is 0 Å². The molecule has 30 heavy (non-hydrogen) atoms. The summed E-state index contributed by atoms with van der Waals surface area (Å²) >= 11 is 0. The number of phenols is 1. The van der Waals surface area contributed by atoms with Crippen LogP contribution >= 0.6 is 0 Å². The highest BCUT2D eigenvalue weighted by atomic mass is 16.5. The molecule has 10 heteroatoms. The molecule has 0 atom stereocenters. The first-order valence-electron chi connectivity index (χ1n) is 8.69. The molecule has 0 saturated carbocycles. The predicted molar refractivity (Wildman–Crippen MR) is 109 cm³/mol. The van der Waals surface area contributed by atoms with Crippen LogP contribution in [0, 0.1) is 0 Å². The highest BCUT2D eigenvalue weighted by Crippen LogP contribution is 2.20. The van der Waals surface area contributed by atoms with Crippen LogP contribution in [0.1, 0.15) is 22.8 Å². The predicted octanol–water partition coefficient (Wildman–Crippen LogP) is 1.10. The van der Waals surface area contributed by atoms with Crippen molar-refractivity contribution in [1.29, 1.82) is 0 Å². The molecule has 0 aliphatic rings. The third-order valence-electron chi connectivity index (χ3n) is 4.25. The molecule has 154 valence electrons. The quantitative estimate of drug-likeness (QED) is 0.366. The van der Waals surface area contributed by atoms with Crippen molar-refractivity contribution < 1.29 is 19.7 Å². The Bertz CT molecular complexity index is 1240. The maximum absolute atomic E-state index is 12.3. The van der Waals surface area contributed by atoms with Crippen molar-refractivity contribution in [3.63, 3.8) is 0 Å². The summed E-state index contributed by atoms with van der Waals surface area (Å²) in [6.07, 6.45) is 0. The van der Waals surface area contributed by atoms with Crippen LogP contribution in [-0.2, 0) is 0 Å². The van der Waals surface area contributed by atoms with Gasteiger partial charge < -0.3 is 14.9 Å². The molecule has 0 radical (unpaired) electrons.